The molecule has 0 spiro atoms. The fourth-order valence-electron chi connectivity index (χ4n) is 1.86. The minimum Gasteiger partial charge on any atom is -0.361 e. The highest BCUT2D eigenvalue weighted by molar-refractivity contribution is 6.05. The molecule has 18 heavy (non-hydrogen) atoms. The van der Waals surface area contributed by atoms with Crippen molar-refractivity contribution in [2.75, 3.05) is 5.32 Å². The number of aromatic nitrogens is 3. The van der Waals surface area contributed by atoms with Crippen molar-refractivity contribution >= 4 is 22.6 Å². The number of amides is 1. The van der Waals surface area contributed by atoms with Crippen LogP contribution < -0.4 is 5.32 Å². The van der Waals surface area contributed by atoms with Crippen LogP contribution in [0, 0.1) is 6.92 Å². The highest BCUT2D eigenvalue weighted by Gasteiger charge is 2.08. The quantitative estimate of drug-likeness (QED) is 0.643. The zero-order valence-corrected chi connectivity index (χ0v) is 9.82. The van der Waals surface area contributed by atoms with E-state index in [0.29, 0.717) is 11.4 Å². The third-order valence-electron chi connectivity index (χ3n) is 2.76. The third-order valence-corrected chi connectivity index (χ3v) is 2.76. The molecular weight excluding hydrogens is 228 g/mol. The van der Waals surface area contributed by atoms with Crippen LogP contribution in [0.25, 0.3) is 10.9 Å². The number of aryl methyl sites for hydroxylation is 1. The van der Waals surface area contributed by atoms with Crippen LogP contribution in [-0.4, -0.2) is 21.1 Å². The van der Waals surface area contributed by atoms with Gasteiger partial charge in [0.2, 0.25) is 0 Å². The molecule has 0 saturated carbocycles. The number of hydrogen-bond donors (Lipinski definition) is 3. The van der Waals surface area contributed by atoms with Gasteiger partial charge in [-0.15, -0.1) is 0 Å². The van der Waals surface area contributed by atoms with Crippen LogP contribution in [0.2, 0.25) is 0 Å². The Morgan fingerprint density at radius 3 is 2.94 bits per heavy atom. The van der Waals surface area contributed by atoms with Crippen molar-refractivity contribution < 1.29 is 4.79 Å². The van der Waals surface area contributed by atoms with E-state index in [4.69, 9.17) is 0 Å². The first kappa shape index (κ1) is 10.6. The molecule has 0 bridgehead atoms. The predicted molar refractivity (Wildman–Crippen MR) is 69.6 cm³/mol. The number of anilines is 1. The monoisotopic (exact) mass is 240 g/mol. The maximum absolute atomic E-state index is 12.0. The lowest BCUT2D eigenvalue weighted by Gasteiger charge is -2.01. The van der Waals surface area contributed by atoms with E-state index in [1.54, 1.807) is 12.1 Å². The Labute approximate surface area is 103 Å². The number of nitrogens with one attached hydrogen (secondary N) is 3. The molecule has 5 nitrogen and oxygen atoms in total. The Bertz CT molecular complexity index is 710. The Morgan fingerprint density at radius 1 is 1.28 bits per heavy atom. The maximum atomic E-state index is 12.0. The van der Waals surface area contributed by atoms with Gasteiger partial charge in [-0.1, -0.05) is 6.07 Å². The molecule has 0 atom stereocenters. The molecule has 5 heteroatoms. The van der Waals surface area contributed by atoms with Gasteiger partial charge in [-0.25, -0.2) is 0 Å². The summed E-state index contributed by atoms with van der Waals surface area (Å²) in [5, 5.41) is 10.6. The fourth-order valence-corrected chi connectivity index (χ4v) is 1.86. The molecule has 1 aromatic carbocycles. The van der Waals surface area contributed by atoms with E-state index in [2.05, 4.69) is 20.5 Å². The molecule has 0 unspecified atom stereocenters. The van der Waals surface area contributed by atoms with Crippen molar-refractivity contribution in [3.63, 3.8) is 0 Å². The summed E-state index contributed by atoms with van der Waals surface area (Å²) in [6.07, 6.45) is 1.85. The van der Waals surface area contributed by atoms with Gasteiger partial charge in [0, 0.05) is 29.0 Å². The number of aromatic amines is 2. The summed E-state index contributed by atoms with van der Waals surface area (Å²) in [6, 6.07) is 9.28. The van der Waals surface area contributed by atoms with Crippen LogP contribution in [0.15, 0.2) is 36.5 Å². The minimum atomic E-state index is -0.169. The van der Waals surface area contributed by atoms with Crippen LogP contribution in [0.3, 0.4) is 0 Å². The second kappa shape index (κ2) is 4.03. The average molecular weight is 240 g/mol. The standard InChI is InChI=1S/C13H12N4O/c1-8-6-12(17-16-8)15-13(18)10-3-2-9-4-5-14-11(9)7-10/h2-7,14H,1H3,(H2,15,16,17,18). The normalized spacial score (nSPS) is 10.7. The van der Waals surface area contributed by atoms with Crippen LogP contribution >= 0.6 is 0 Å². The van der Waals surface area contributed by atoms with E-state index >= 15 is 0 Å². The van der Waals surface area contributed by atoms with Crippen LogP contribution in [0.4, 0.5) is 5.82 Å². The second-order valence-corrected chi connectivity index (χ2v) is 4.17. The molecule has 0 saturated heterocycles. The summed E-state index contributed by atoms with van der Waals surface area (Å²) in [6.45, 7) is 1.88. The number of carbonyl (C=O) groups excluding carboxylic acids is 1. The molecule has 1 amide bonds. The summed E-state index contributed by atoms with van der Waals surface area (Å²) >= 11 is 0. The van der Waals surface area contributed by atoms with Gasteiger partial charge in [0.1, 0.15) is 0 Å². The lowest BCUT2D eigenvalue weighted by Crippen LogP contribution is -2.11. The largest absolute Gasteiger partial charge is 0.361 e. The van der Waals surface area contributed by atoms with Gasteiger partial charge >= 0.3 is 0 Å². The zero-order chi connectivity index (χ0) is 12.5. The zero-order valence-electron chi connectivity index (χ0n) is 9.82. The van der Waals surface area contributed by atoms with Gasteiger partial charge in [0.25, 0.3) is 5.91 Å². The number of fused-ring (bicyclic) bond motifs is 1. The van der Waals surface area contributed by atoms with E-state index in [1.165, 1.54) is 0 Å². The van der Waals surface area contributed by atoms with Gasteiger partial charge in [-0.2, -0.15) is 5.10 Å². The molecule has 3 aromatic rings. The van der Waals surface area contributed by atoms with Crippen LogP contribution in [0.5, 0.6) is 0 Å². The third kappa shape index (κ3) is 1.86. The van der Waals surface area contributed by atoms with Gasteiger partial charge in [0.15, 0.2) is 5.82 Å². The summed E-state index contributed by atoms with van der Waals surface area (Å²) in [4.78, 5) is 15.1. The fraction of sp³-hybridized carbons (Fsp3) is 0.0769. The maximum Gasteiger partial charge on any atom is 0.256 e. The molecule has 0 aliphatic heterocycles. The average Bonchev–Trinajstić information content (AvgIpc) is 2.96. The van der Waals surface area contributed by atoms with Crippen LogP contribution in [-0.2, 0) is 0 Å². The highest BCUT2D eigenvalue weighted by atomic mass is 16.1. The van der Waals surface area contributed by atoms with Gasteiger partial charge in [-0.05, 0) is 30.5 Å². The predicted octanol–water partition coefficient (Wildman–Crippen LogP) is 2.45. The summed E-state index contributed by atoms with van der Waals surface area (Å²) in [5.41, 5.74) is 2.46. The van der Waals surface area contributed by atoms with E-state index in [9.17, 15) is 4.79 Å². The van der Waals surface area contributed by atoms with E-state index in [0.717, 1.165) is 16.6 Å². The minimum absolute atomic E-state index is 0.169. The lowest BCUT2D eigenvalue weighted by atomic mass is 10.1. The molecule has 0 fully saturated rings. The Balaban J connectivity index is 1.87. The molecule has 0 radical (unpaired) electrons. The molecule has 3 N–H and O–H groups in total. The highest BCUT2D eigenvalue weighted by Crippen LogP contribution is 2.15. The molecule has 2 aromatic heterocycles. The Hall–Kier alpha value is -2.56. The summed E-state index contributed by atoms with van der Waals surface area (Å²) in [5.74, 6) is 0.363. The summed E-state index contributed by atoms with van der Waals surface area (Å²) in [7, 11) is 0. The van der Waals surface area contributed by atoms with Gasteiger partial charge in [0.05, 0.1) is 0 Å². The molecule has 90 valence electrons. The topological polar surface area (TPSA) is 73.6 Å². The molecule has 3 rings (SSSR count). The molecule has 0 aliphatic carbocycles. The first-order valence-corrected chi connectivity index (χ1v) is 5.63. The Morgan fingerprint density at radius 2 is 2.17 bits per heavy atom. The van der Waals surface area contributed by atoms with Gasteiger partial charge < -0.3 is 10.3 Å². The van der Waals surface area contributed by atoms with Crippen molar-refractivity contribution in [1.29, 1.82) is 0 Å². The van der Waals surface area contributed by atoms with E-state index < -0.39 is 0 Å². The van der Waals surface area contributed by atoms with Crippen molar-refractivity contribution in [2.24, 2.45) is 0 Å². The number of benzene rings is 1. The lowest BCUT2D eigenvalue weighted by molar-refractivity contribution is 0.102. The second-order valence-electron chi connectivity index (χ2n) is 4.17. The number of carbonyl (C=O) groups is 1. The van der Waals surface area contributed by atoms with Crippen molar-refractivity contribution in [3.8, 4) is 0 Å². The number of rotatable bonds is 2. The van der Waals surface area contributed by atoms with Crippen molar-refractivity contribution in [2.45, 2.75) is 6.92 Å². The van der Waals surface area contributed by atoms with Crippen molar-refractivity contribution in [1.82, 2.24) is 15.2 Å². The van der Waals surface area contributed by atoms with Crippen LogP contribution in [0.1, 0.15) is 16.1 Å². The first-order chi connectivity index (χ1) is 8.72. The number of nitrogens with zero attached hydrogens (tertiary/aromatic N) is 1. The number of H-pyrrole nitrogens is 2. The molecular formula is C13H12N4O. The number of hydrogen-bond acceptors (Lipinski definition) is 2. The molecule has 0 aliphatic rings. The van der Waals surface area contributed by atoms with E-state index in [1.807, 2.05) is 31.3 Å². The smallest absolute Gasteiger partial charge is 0.256 e. The van der Waals surface area contributed by atoms with E-state index in [-0.39, 0.29) is 5.91 Å². The van der Waals surface area contributed by atoms with Gasteiger partial charge in [-0.3, -0.25) is 9.89 Å². The molecule has 2 heterocycles. The first-order valence-electron chi connectivity index (χ1n) is 5.63. The SMILES string of the molecule is Cc1cc(NC(=O)c2ccc3cc[nH]c3c2)n[nH]1. The summed E-state index contributed by atoms with van der Waals surface area (Å²) < 4.78 is 0. The van der Waals surface area contributed by atoms with Crippen molar-refractivity contribution in [3.05, 3.63) is 47.8 Å². The Kier molecular flexibility index (Phi) is 2.37.